The Bertz CT molecular complexity index is 963. The van der Waals surface area contributed by atoms with Gasteiger partial charge in [-0.05, 0) is 34.5 Å². The second-order valence-corrected chi connectivity index (χ2v) is 8.93. The molecular formula is C22H23BrClN3O2S. The van der Waals surface area contributed by atoms with Crippen molar-refractivity contribution in [2.75, 3.05) is 51.3 Å². The molecule has 5 nitrogen and oxygen atoms in total. The SMILES string of the molecule is S=C1CN=C(c2ccccc2Cl)c2cc(Br)c(OCCCN3CCOCC3)cc2N1. The van der Waals surface area contributed by atoms with Gasteiger partial charge in [-0.15, -0.1) is 0 Å². The molecule has 0 amide bonds. The highest BCUT2D eigenvalue weighted by Crippen LogP contribution is 2.35. The van der Waals surface area contributed by atoms with Gasteiger partial charge < -0.3 is 14.8 Å². The Morgan fingerprint density at radius 3 is 2.80 bits per heavy atom. The van der Waals surface area contributed by atoms with Crippen molar-refractivity contribution in [1.82, 2.24) is 4.90 Å². The van der Waals surface area contributed by atoms with Crippen LogP contribution in [-0.4, -0.2) is 61.6 Å². The van der Waals surface area contributed by atoms with Crippen LogP contribution < -0.4 is 10.1 Å². The Morgan fingerprint density at radius 1 is 1.20 bits per heavy atom. The van der Waals surface area contributed by atoms with E-state index in [1.165, 1.54) is 0 Å². The fourth-order valence-electron chi connectivity index (χ4n) is 3.57. The third kappa shape index (κ3) is 5.21. The summed E-state index contributed by atoms with van der Waals surface area (Å²) in [6.07, 6.45) is 0.960. The van der Waals surface area contributed by atoms with Gasteiger partial charge in [0.05, 0.1) is 42.2 Å². The molecule has 1 saturated heterocycles. The molecule has 8 heteroatoms. The van der Waals surface area contributed by atoms with Gasteiger partial charge in [-0.3, -0.25) is 9.89 Å². The summed E-state index contributed by atoms with van der Waals surface area (Å²) in [6, 6.07) is 11.7. The second kappa shape index (κ2) is 10.2. The van der Waals surface area contributed by atoms with Crippen LogP contribution in [0.4, 0.5) is 5.69 Å². The van der Waals surface area contributed by atoms with Gasteiger partial charge in [-0.1, -0.05) is 42.0 Å². The molecule has 2 aliphatic heterocycles. The van der Waals surface area contributed by atoms with E-state index in [2.05, 4.69) is 26.1 Å². The van der Waals surface area contributed by atoms with Crippen LogP contribution in [0.3, 0.4) is 0 Å². The minimum absolute atomic E-state index is 0.415. The quantitative estimate of drug-likeness (QED) is 0.449. The molecule has 0 radical (unpaired) electrons. The van der Waals surface area contributed by atoms with E-state index >= 15 is 0 Å². The Balaban J connectivity index is 1.52. The Hall–Kier alpha value is -1.51. The second-order valence-electron chi connectivity index (χ2n) is 7.18. The minimum atomic E-state index is 0.415. The fourth-order valence-corrected chi connectivity index (χ4v) is 4.43. The van der Waals surface area contributed by atoms with Crippen molar-refractivity contribution < 1.29 is 9.47 Å². The predicted molar refractivity (Wildman–Crippen MR) is 130 cm³/mol. The van der Waals surface area contributed by atoms with E-state index in [4.69, 9.17) is 38.3 Å². The number of thiocarbonyl (C=S) groups is 1. The van der Waals surface area contributed by atoms with E-state index in [0.29, 0.717) is 23.2 Å². The minimum Gasteiger partial charge on any atom is -0.492 e. The highest BCUT2D eigenvalue weighted by molar-refractivity contribution is 9.10. The highest BCUT2D eigenvalue weighted by atomic mass is 79.9. The molecule has 158 valence electrons. The maximum absolute atomic E-state index is 6.45. The number of fused-ring (bicyclic) bond motifs is 1. The average molecular weight is 509 g/mol. The van der Waals surface area contributed by atoms with Crippen molar-refractivity contribution in [2.24, 2.45) is 4.99 Å². The summed E-state index contributed by atoms with van der Waals surface area (Å²) >= 11 is 15.6. The van der Waals surface area contributed by atoms with E-state index in [1.807, 2.05) is 36.4 Å². The van der Waals surface area contributed by atoms with Gasteiger partial charge in [-0.2, -0.15) is 0 Å². The number of hydrogen-bond donors (Lipinski definition) is 1. The molecule has 0 aromatic heterocycles. The molecule has 1 N–H and O–H groups in total. The molecule has 0 unspecified atom stereocenters. The lowest BCUT2D eigenvalue weighted by Gasteiger charge is -2.26. The highest BCUT2D eigenvalue weighted by Gasteiger charge is 2.21. The number of anilines is 1. The van der Waals surface area contributed by atoms with Gasteiger partial charge in [0.2, 0.25) is 0 Å². The largest absolute Gasteiger partial charge is 0.492 e. The third-order valence-corrected chi connectivity index (χ3v) is 6.27. The van der Waals surface area contributed by atoms with E-state index in [9.17, 15) is 0 Å². The van der Waals surface area contributed by atoms with Crippen LogP contribution in [0, 0.1) is 0 Å². The molecule has 0 saturated carbocycles. The Morgan fingerprint density at radius 2 is 2.00 bits per heavy atom. The monoisotopic (exact) mass is 507 g/mol. The van der Waals surface area contributed by atoms with Crippen LogP contribution in [0.5, 0.6) is 5.75 Å². The Kier molecular flexibility index (Phi) is 7.38. The molecule has 2 aliphatic rings. The zero-order chi connectivity index (χ0) is 20.9. The van der Waals surface area contributed by atoms with Crippen LogP contribution >= 0.6 is 39.7 Å². The number of morpholine rings is 1. The smallest absolute Gasteiger partial charge is 0.135 e. The number of hydrogen-bond acceptors (Lipinski definition) is 5. The summed E-state index contributed by atoms with van der Waals surface area (Å²) in [5.74, 6) is 0.784. The molecular weight excluding hydrogens is 486 g/mol. The van der Waals surface area contributed by atoms with E-state index in [0.717, 1.165) is 72.0 Å². The lowest BCUT2D eigenvalue weighted by Crippen LogP contribution is -2.37. The average Bonchev–Trinajstić information content (AvgIpc) is 2.90. The summed E-state index contributed by atoms with van der Waals surface area (Å²) in [5.41, 5.74) is 3.53. The van der Waals surface area contributed by atoms with Crippen molar-refractivity contribution >= 4 is 56.1 Å². The molecule has 0 atom stereocenters. The number of ether oxygens (including phenoxy) is 2. The fraction of sp³-hybridized carbons (Fsp3) is 0.364. The molecule has 1 fully saturated rings. The van der Waals surface area contributed by atoms with Crippen molar-refractivity contribution in [3.05, 3.63) is 57.0 Å². The maximum atomic E-state index is 6.45. The van der Waals surface area contributed by atoms with E-state index < -0.39 is 0 Å². The number of aliphatic imine (C=N–C) groups is 1. The normalized spacial score (nSPS) is 17.0. The van der Waals surface area contributed by atoms with Crippen molar-refractivity contribution in [3.8, 4) is 5.75 Å². The topological polar surface area (TPSA) is 46.1 Å². The molecule has 2 heterocycles. The number of rotatable bonds is 6. The van der Waals surface area contributed by atoms with Crippen molar-refractivity contribution in [3.63, 3.8) is 0 Å². The van der Waals surface area contributed by atoms with Crippen LogP contribution in [0.15, 0.2) is 45.9 Å². The molecule has 2 aromatic rings. The van der Waals surface area contributed by atoms with E-state index in [-0.39, 0.29) is 0 Å². The first-order chi connectivity index (χ1) is 14.6. The van der Waals surface area contributed by atoms with Crippen LogP contribution in [0.1, 0.15) is 17.5 Å². The first-order valence-corrected chi connectivity index (χ1v) is 11.6. The summed E-state index contributed by atoms with van der Waals surface area (Å²) in [6.45, 7) is 5.69. The van der Waals surface area contributed by atoms with Crippen LogP contribution in [0.2, 0.25) is 5.02 Å². The van der Waals surface area contributed by atoms with Gasteiger partial charge in [0.15, 0.2) is 0 Å². The molecule has 30 heavy (non-hydrogen) atoms. The van der Waals surface area contributed by atoms with Crippen LogP contribution in [-0.2, 0) is 4.74 Å². The van der Waals surface area contributed by atoms with Gasteiger partial charge in [0.1, 0.15) is 10.7 Å². The van der Waals surface area contributed by atoms with E-state index in [1.54, 1.807) is 0 Å². The number of nitrogens with one attached hydrogen (secondary N) is 1. The molecule has 0 spiro atoms. The van der Waals surface area contributed by atoms with Gasteiger partial charge in [0.25, 0.3) is 0 Å². The van der Waals surface area contributed by atoms with Crippen LogP contribution in [0.25, 0.3) is 0 Å². The third-order valence-electron chi connectivity index (χ3n) is 5.09. The molecule has 0 bridgehead atoms. The first kappa shape index (κ1) is 21.7. The Labute approximate surface area is 195 Å². The van der Waals surface area contributed by atoms with Gasteiger partial charge in [-0.25, -0.2) is 0 Å². The number of halogens is 2. The summed E-state index contributed by atoms with van der Waals surface area (Å²) in [5, 5.41) is 3.96. The summed E-state index contributed by atoms with van der Waals surface area (Å²) in [7, 11) is 0. The zero-order valence-corrected chi connectivity index (χ0v) is 19.7. The summed E-state index contributed by atoms with van der Waals surface area (Å²) < 4.78 is 12.4. The molecule has 2 aromatic carbocycles. The zero-order valence-electron chi connectivity index (χ0n) is 16.5. The first-order valence-electron chi connectivity index (χ1n) is 9.98. The molecule has 4 rings (SSSR count). The lowest BCUT2D eigenvalue weighted by atomic mass is 10.0. The maximum Gasteiger partial charge on any atom is 0.135 e. The number of nitrogens with zero attached hydrogens (tertiary/aromatic N) is 2. The van der Waals surface area contributed by atoms with Gasteiger partial charge in [0, 0.05) is 41.9 Å². The van der Waals surface area contributed by atoms with Crippen molar-refractivity contribution in [1.29, 1.82) is 0 Å². The lowest BCUT2D eigenvalue weighted by molar-refractivity contribution is 0.0358. The molecule has 0 aliphatic carbocycles. The predicted octanol–water partition coefficient (Wildman–Crippen LogP) is 4.79. The number of benzodiazepines with no additional fused rings is 1. The number of benzene rings is 2. The summed E-state index contributed by atoms with van der Waals surface area (Å²) in [4.78, 5) is 7.80. The van der Waals surface area contributed by atoms with Gasteiger partial charge >= 0.3 is 0 Å². The standard InChI is InChI=1S/C22H23BrClN3O2S/c23-17-12-16-19(13-20(17)29-9-3-6-27-7-10-28-11-8-27)26-21(30)14-25-22(16)15-4-1-2-5-18(15)24/h1-2,4-5,12-13H,3,6-11,14H2,(H,26,30). The van der Waals surface area contributed by atoms with Crippen molar-refractivity contribution in [2.45, 2.75) is 6.42 Å².